The highest BCUT2D eigenvalue weighted by molar-refractivity contribution is 5.97. The van der Waals surface area contributed by atoms with Gasteiger partial charge >= 0.3 is 6.03 Å². The fraction of sp³-hybridized carbons (Fsp3) is 0.579. The summed E-state index contributed by atoms with van der Waals surface area (Å²) in [4.78, 5) is 30.6. The van der Waals surface area contributed by atoms with E-state index in [0.717, 1.165) is 24.3 Å². The summed E-state index contributed by atoms with van der Waals surface area (Å²) in [5, 5.41) is 12.0. The fourth-order valence-electron chi connectivity index (χ4n) is 3.53. The van der Waals surface area contributed by atoms with E-state index in [2.05, 4.69) is 10.2 Å². The van der Waals surface area contributed by atoms with Crippen LogP contribution >= 0.6 is 0 Å². The molecule has 0 aliphatic carbocycles. The summed E-state index contributed by atoms with van der Waals surface area (Å²) < 4.78 is 0. The minimum atomic E-state index is -0.160. The van der Waals surface area contributed by atoms with Gasteiger partial charge in [-0.3, -0.25) is 9.69 Å². The highest BCUT2D eigenvalue weighted by Gasteiger charge is 2.33. The van der Waals surface area contributed by atoms with E-state index < -0.39 is 0 Å². The quantitative estimate of drug-likeness (QED) is 0.830. The summed E-state index contributed by atoms with van der Waals surface area (Å²) in [6, 6.07) is 5.75. The minimum absolute atomic E-state index is 0.0475. The first-order valence-electron chi connectivity index (χ1n) is 9.24. The number of nitrogens with one attached hydrogen (secondary N) is 1. The van der Waals surface area contributed by atoms with Gasteiger partial charge in [-0.15, -0.1) is 0 Å². The molecule has 2 heterocycles. The van der Waals surface area contributed by atoms with Crippen molar-refractivity contribution in [2.24, 2.45) is 0 Å². The van der Waals surface area contributed by atoms with Gasteiger partial charge in [0.1, 0.15) is 0 Å². The van der Waals surface area contributed by atoms with Gasteiger partial charge in [-0.2, -0.15) is 0 Å². The molecule has 0 aromatic heterocycles. The van der Waals surface area contributed by atoms with Crippen molar-refractivity contribution in [2.45, 2.75) is 26.3 Å². The number of urea groups is 1. The van der Waals surface area contributed by atoms with Crippen LogP contribution in [-0.4, -0.2) is 78.8 Å². The first kappa shape index (κ1) is 18.7. The van der Waals surface area contributed by atoms with Gasteiger partial charge < -0.3 is 20.2 Å². The minimum Gasteiger partial charge on any atom is -0.395 e. The second-order valence-corrected chi connectivity index (χ2v) is 7.18. The number of hydrogen-bond acceptors (Lipinski definition) is 4. The van der Waals surface area contributed by atoms with Crippen LogP contribution < -0.4 is 10.2 Å². The summed E-state index contributed by atoms with van der Waals surface area (Å²) >= 11 is 0. The van der Waals surface area contributed by atoms with Gasteiger partial charge in [-0.1, -0.05) is 6.07 Å². The number of rotatable bonds is 4. The Morgan fingerprint density at radius 2 is 1.92 bits per heavy atom. The number of amides is 3. The van der Waals surface area contributed by atoms with Gasteiger partial charge in [0.15, 0.2) is 0 Å². The van der Waals surface area contributed by atoms with Crippen LogP contribution in [0.15, 0.2) is 18.2 Å². The molecule has 3 rings (SSSR count). The number of anilines is 1. The lowest BCUT2D eigenvalue weighted by atomic mass is 10.1. The van der Waals surface area contributed by atoms with Crippen LogP contribution in [0.4, 0.5) is 10.5 Å². The molecule has 7 nitrogen and oxygen atoms in total. The third-order valence-corrected chi connectivity index (χ3v) is 5.33. The maximum Gasteiger partial charge on any atom is 0.317 e. The summed E-state index contributed by atoms with van der Waals surface area (Å²) in [5.41, 5.74) is 3.25. The number of aliphatic hydroxyl groups is 1. The highest BCUT2D eigenvalue weighted by atomic mass is 16.3. The largest absolute Gasteiger partial charge is 0.395 e. The molecule has 2 saturated heterocycles. The average molecular weight is 360 g/mol. The van der Waals surface area contributed by atoms with Gasteiger partial charge in [-0.25, -0.2) is 4.79 Å². The van der Waals surface area contributed by atoms with E-state index in [1.54, 1.807) is 9.80 Å². The van der Waals surface area contributed by atoms with Crippen molar-refractivity contribution in [3.8, 4) is 0 Å². The average Bonchev–Trinajstić information content (AvgIpc) is 2.98. The normalized spacial score (nSPS) is 21.3. The molecule has 0 radical (unpaired) electrons. The number of carbonyl (C=O) groups excluding carboxylic acids is 2. The Morgan fingerprint density at radius 1 is 1.19 bits per heavy atom. The SMILES string of the molecule is Cc1ccc(N2C[C@H](NC(=O)N3CCN(CCO)CC3)CC2=O)cc1C. The zero-order chi connectivity index (χ0) is 18.7. The molecule has 0 spiro atoms. The van der Waals surface area contributed by atoms with Crippen molar-refractivity contribution in [3.05, 3.63) is 29.3 Å². The molecule has 2 aliphatic rings. The Hall–Kier alpha value is -2.12. The molecule has 1 aromatic rings. The Morgan fingerprint density at radius 3 is 2.58 bits per heavy atom. The smallest absolute Gasteiger partial charge is 0.317 e. The van der Waals surface area contributed by atoms with E-state index >= 15 is 0 Å². The van der Waals surface area contributed by atoms with Gasteiger partial charge in [0.2, 0.25) is 5.91 Å². The van der Waals surface area contributed by atoms with Crippen LogP contribution in [0.25, 0.3) is 0 Å². The van der Waals surface area contributed by atoms with Crippen LogP contribution in [0.3, 0.4) is 0 Å². The maximum atomic E-state index is 12.5. The zero-order valence-corrected chi connectivity index (χ0v) is 15.6. The standard InChI is InChI=1S/C19H28N4O3/c1-14-3-4-17(11-15(14)2)23-13-16(12-18(23)25)20-19(26)22-7-5-21(6-8-22)9-10-24/h3-4,11,16,24H,5-10,12-13H2,1-2H3,(H,20,26)/t16-/m1/s1. The van der Waals surface area contributed by atoms with Crippen LogP contribution in [0.2, 0.25) is 0 Å². The van der Waals surface area contributed by atoms with E-state index in [9.17, 15) is 9.59 Å². The zero-order valence-electron chi connectivity index (χ0n) is 15.6. The van der Waals surface area contributed by atoms with E-state index in [1.165, 1.54) is 5.56 Å². The number of aryl methyl sites for hydroxylation is 2. The number of carbonyl (C=O) groups is 2. The third-order valence-electron chi connectivity index (χ3n) is 5.33. The molecule has 2 fully saturated rings. The second-order valence-electron chi connectivity index (χ2n) is 7.18. The molecular formula is C19H28N4O3. The van der Waals surface area contributed by atoms with Crippen molar-refractivity contribution >= 4 is 17.6 Å². The van der Waals surface area contributed by atoms with Gasteiger partial charge in [0.05, 0.1) is 12.6 Å². The second kappa shape index (κ2) is 8.05. The molecule has 0 saturated carbocycles. The molecular weight excluding hydrogens is 332 g/mol. The predicted octanol–water partition coefficient (Wildman–Crippen LogP) is 0.728. The van der Waals surface area contributed by atoms with Gasteiger partial charge in [0, 0.05) is 51.4 Å². The lowest BCUT2D eigenvalue weighted by molar-refractivity contribution is -0.117. The molecule has 0 bridgehead atoms. The number of piperazine rings is 1. The number of benzene rings is 1. The monoisotopic (exact) mass is 360 g/mol. The molecule has 2 N–H and O–H groups in total. The fourth-order valence-corrected chi connectivity index (χ4v) is 3.53. The Bertz CT molecular complexity index is 671. The van der Waals surface area contributed by atoms with E-state index in [0.29, 0.717) is 32.6 Å². The predicted molar refractivity (Wildman–Crippen MR) is 100 cm³/mol. The number of β-amino-alcohol motifs (C(OH)–C–C–N with tert-alkyl or cyclic N) is 1. The van der Waals surface area contributed by atoms with Gasteiger partial charge in [0.25, 0.3) is 0 Å². The summed E-state index contributed by atoms with van der Waals surface area (Å²) in [5.74, 6) is 0.0475. The summed E-state index contributed by atoms with van der Waals surface area (Å²) in [6.07, 6.45) is 0.336. The molecule has 1 atom stereocenters. The van der Waals surface area contributed by atoms with E-state index in [4.69, 9.17) is 5.11 Å². The van der Waals surface area contributed by atoms with Crippen molar-refractivity contribution < 1.29 is 14.7 Å². The van der Waals surface area contributed by atoms with Crippen LogP contribution in [0.5, 0.6) is 0 Å². The van der Waals surface area contributed by atoms with Gasteiger partial charge in [-0.05, 0) is 37.1 Å². The number of aliphatic hydroxyl groups excluding tert-OH is 1. The van der Waals surface area contributed by atoms with Crippen molar-refractivity contribution in [3.63, 3.8) is 0 Å². The van der Waals surface area contributed by atoms with Crippen molar-refractivity contribution in [1.29, 1.82) is 0 Å². The molecule has 7 heteroatoms. The Labute approximate surface area is 154 Å². The number of hydrogen-bond donors (Lipinski definition) is 2. The van der Waals surface area contributed by atoms with Crippen LogP contribution in [-0.2, 0) is 4.79 Å². The Balaban J connectivity index is 1.54. The lowest BCUT2D eigenvalue weighted by Gasteiger charge is -2.34. The van der Waals surface area contributed by atoms with E-state index in [1.807, 2.05) is 32.0 Å². The maximum absolute atomic E-state index is 12.5. The topological polar surface area (TPSA) is 76.1 Å². The Kier molecular flexibility index (Phi) is 5.78. The van der Waals surface area contributed by atoms with Crippen LogP contribution in [0, 0.1) is 13.8 Å². The highest BCUT2D eigenvalue weighted by Crippen LogP contribution is 2.24. The molecule has 2 aliphatic heterocycles. The molecule has 1 aromatic carbocycles. The number of nitrogens with zero attached hydrogens (tertiary/aromatic N) is 3. The summed E-state index contributed by atoms with van der Waals surface area (Å²) in [7, 11) is 0. The first-order valence-corrected chi connectivity index (χ1v) is 9.24. The summed E-state index contributed by atoms with van der Waals surface area (Å²) in [6.45, 7) is 8.22. The molecule has 142 valence electrons. The molecule has 3 amide bonds. The third kappa shape index (κ3) is 4.16. The molecule has 26 heavy (non-hydrogen) atoms. The van der Waals surface area contributed by atoms with Crippen molar-refractivity contribution in [1.82, 2.24) is 15.1 Å². The first-order chi connectivity index (χ1) is 12.5. The van der Waals surface area contributed by atoms with Crippen molar-refractivity contribution in [2.75, 3.05) is 50.8 Å². The van der Waals surface area contributed by atoms with E-state index in [-0.39, 0.29) is 24.6 Å². The molecule has 0 unspecified atom stereocenters. The van der Waals surface area contributed by atoms with Crippen LogP contribution in [0.1, 0.15) is 17.5 Å². The lowest BCUT2D eigenvalue weighted by Crippen LogP contribution is -2.54.